The number of benzene rings is 1. The molecule has 0 unspecified atom stereocenters. The molecule has 0 aliphatic carbocycles. The van der Waals surface area contributed by atoms with Gasteiger partial charge in [-0.15, -0.1) is 0 Å². The van der Waals surface area contributed by atoms with Gasteiger partial charge in [-0.25, -0.2) is 14.3 Å². The van der Waals surface area contributed by atoms with Gasteiger partial charge in [-0.05, 0) is 37.7 Å². The molecule has 4 rings (SSSR count). The largest absolute Gasteiger partial charge is 0.345 e. The Kier molecular flexibility index (Phi) is 6.84. The molecule has 30 heavy (non-hydrogen) atoms. The minimum absolute atomic E-state index is 0.0172. The van der Waals surface area contributed by atoms with E-state index in [2.05, 4.69) is 44.9 Å². The number of hydrogen-bond donors (Lipinski definition) is 2. The fourth-order valence-electron chi connectivity index (χ4n) is 4.34. The summed E-state index contributed by atoms with van der Waals surface area (Å²) >= 11 is 0. The molecule has 8 nitrogen and oxygen atoms in total. The third-order valence-electron chi connectivity index (χ3n) is 6.04. The Labute approximate surface area is 177 Å². The van der Waals surface area contributed by atoms with Crippen molar-refractivity contribution in [3.63, 3.8) is 0 Å². The molecule has 0 radical (unpaired) electrons. The lowest BCUT2D eigenvalue weighted by molar-refractivity contribution is 0.186. The molecule has 3 heterocycles. The number of hydrogen-bond acceptors (Lipinski definition) is 4. The maximum Gasteiger partial charge on any atom is 0.345 e. The first-order valence-corrected chi connectivity index (χ1v) is 11.2. The van der Waals surface area contributed by atoms with Crippen LogP contribution in [0, 0.1) is 0 Å². The van der Waals surface area contributed by atoms with Crippen molar-refractivity contribution in [2.75, 3.05) is 19.6 Å². The first-order valence-electron chi connectivity index (χ1n) is 11.2. The number of carbonyl (C=O) groups is 1. The first kappa shape index (κ1) is 20.7. The molecule has 0 spiro atoms. The van der Waals surface area contributed by atoms with E-state index in [0.29, 0.717) is 19.5 Å². The molecule has 1 aromatic heterocycles. The molecule has 2 aliphatic rings. The van der Waals surface area contributed by atoms with E-state index in [4.69, 9.17) is 0 Å². The van der Waals surface area contributed by atoms with E-state index in [9.17, 15) is 9.59 Å². The van der Waals surface area contributed by atoms with Crippen molar-refractivity contribution in [1.82, 2.24) is 29.9 Å². The lowest BCUT2D eigenvalue weighted by atomic mass is 10.0. The second-order valence-electron chi connectivity index (χ2n) is 8.32. The maximum atomic E-state index is 12.3. The fraction of sp³-hybridized carbons (Fsp3) is 0.591. The number of piperidine rings is 1. The number of nitrogens with zero attached hydrogens (tertiary/aromatic N) is 4. The predicted octanol–water partition coefficient (Wildman–Crippen LogP) is 1.73. The lowest BCUT2D eigenvalue weighted by Crippen LogP contribution is -2.47. The van der Waals surface area contributed by atoms with Crippen molar-refractivity contribution in [3.8, 4) is 0 Å². The molecule has 2 N–H and O–H groups in total. The number of aromatic nitrogens is 3. The number of nitrogens with one attached hydrogen (secondary N) is 2. The van der Waals surface area contributed by atoms with Crippen LogP contribution in [-0.4, -0.2) is 51.0 Å². The molecule has 0 atom stereocenters. The van der Waals surface area contributed by atoms with Gasteiger partial charge >= 0.3 is 11.7 Å². The number of carbonyl (C=O) groups excluding carboxylic acids is 1. The molecule has 162 valence electrons. The summed E-state index contributed by atoms with van der Waals surface area (Å²) in [6, 6.07) is 10.6. The maximum absolute atomic E-state index is 12.3. The monoisotopic (exact) mass is 412 g/mol. The average molecular weight is 413 g/mol. The van der Waals surface area contributed by atoms with E-state index in [-0.39, 0.29) is 17.8 Å². The van der Waals surface area contributed by atoms with Crippen LogP contribution in [0.25, 0.3) is 0 Å². The van der Waals surface area contributed by atoms with Gasteiger partial charge in [0.15, 0.2) is 0 Å². The van der Waals surface area contributed by atoms with Crippen molar-refractivity contribution < 1.29 is 4.79 Å². The van der Waals surface area contributed by atoms with Gasteiger partial charge in [-0.1, -0.05) is 30.3 Å². The smallest absolute Gasteiger partial charge is 0.338 e. The highest BCUT2D eigenvalue weighted by atomic mass is 16.2. The van der Waals surface area contributed by atoms with Crippen LogP contribution in [0.15, 0.2) is 35.1 Å². The molecule has 1 aromatic carbocycles. The van der Waals surface area contributed by atoms with Crippen molar-refractivity contribution in [1.29, 1.82) is 0 Å². The summed E-state index contributed by atoms with van der Waals surface area (Å²) in [6.45, 7) is 4.81. The summed E-state index contributed by atoms with van der Waals surface area (Å²) < 4.78 is 3.33. The van der Waals surface area contributed by atoms with Crippen LogP contribution in [0.1, 0.15) is 43.5 Å². The molecule has 2 amide bonds. The van der Waals surface area contributed by atoms with Gasteiger partial charge in [0.2, 0.25) is 0 Å². The summed E-state index contributed by atoms with van der Waals surface area (Å²) in [6.07, 6.45) is 5.66. The van der Waals surface area contributed by atoms with Gasteiger partial charge < -0.3 is 10.6 Å². The molecular weight excluding hydrogens is 380 g/mol. The Balaban J connectivity index is 1.12. The Hall–Kier alpha value is -2.61. The lowest BCUT2D eigenvalue weighted by Gasteiger charge is -2.32. The highest BCUT2D eigenvalue weighted by Gasteiger charge is 2.20. The van der Waals surface area contributed by atoms with Gasteiger partial charge in [0.25, 0.3) is 0 Å². The van der Waals surface area contributed by atoms with Crippen LogP contribution in [0.5, 0.6) is 0 Å². The minimum Gasteiger partial charge on any atom is -0.338 e. The molecule has 2 aromatic rings. The summed E-state index contributed by atoms with van der Waals surface area (Å²) in [7, 11) is 0. The van der Waals surface area contributed by atoms with Crippen LogP contribution in [0.2, 0.25) is 0 Å². The van der Waals surface area contributed by atoms with Gasteiger partial charge in [0, 0.05) is 51.7 Å². The predicted molar refractivity (Wildman–Crippen MR) is 115 cm³/mol. The van der Waals surface area contributed by atoms with Crippen molar-refractivity contribution in [3.05, 3.63) is 52.2 Å². The molecule has 8 heteroatoms. The topological polar surface area (TPSA) is 84.2 Å². The quantitative estimate of drug-likeness (QED) is 0.679. The van der Waals surface area contributed by atoms with Crippen LogP contribution < -0.4 is 16.3 Å². The molecule has 2 aliphatic heterocycles. The molecular formula is C22H32N6O2. The van der Waals surface area contributed by atoms with Gasteiger partial charge in [-0.2, -0.15) is 5.10 Å². The van der Waals surface area contributed by atoms with E-state index in [0.717, 1.165) is 64.1 Å². The zero-order valence-electron chi connectivity index (χ0n) is 17.6. The second kappa shape index (κ2) is 9.93. The van der Waals surface area contributed by atoms with Gasteiger partial charge in [0.05, 0.1) is 0 Å². The molecule has 1 fully saturated rings. The fourth-order valence-corrected chi connectivity index (χ4v) is 4.34. The highest BCUT2D eigenvalue weighted by Crippen LogP contribution is 2.14. The number of likely N-dealkylation sites (tertiary alicyclic amines) is 1. The van der Waals surface area contributed by atoms with Gasteiger partial charge in [0.1, 0.15) is 5.82 Å². The number of aryl methyl sites for hydroxylation is 2. The number of urea groups is 1. The molecule has 0 saturated carbocycles. The van der Waals surface area contributed by atoms with Crippen molar-refractivity contribution in [2.24, 2.45) is 0 Å². The number of fused-ring (bicyclic) bond motifs is 1. The van der Waals surface area contributed by atoms with Crippen LogP contribution in [0.3, 0.4) is 0 Å². The third kappa shape index (κ3) is 5.30. The van der Waals surface area contributed by atoms with Crippen molar-refractivity contribution >= 4 is 6.03 Å². The zero-order chi connectivity index (χ0) is 20.8. The second-order valence-corrected chi connectivity index (χ2v) is 8.32. The van der Waals surface area contributed by atoms with Crippen LogP contribution in [-0.2, 0) is 26.1 Å². The Morgan fingerprint density at radius 2 is 1.90 bits per heavy atom. The standard InChI is InChI=1S/C22H32N6O2/c29-21(23-12-6-14-28-22(30)27-13-5-4-9-20(27)25-28)24-19-10-15-26(16-11-19)17-18-7-2-1-3-8-18/h1-3,7-8,19H,4-6,9-17H2,(H2,23,24,29). The Morgan fingerprint density at radius 3 is 2.67 bits per heavy atom. The van der Waals surface area contributed by atoms with E-state index in [1.807, 2.05) is 6.07 Å². The van der Waals surface area contributed by atoms with E-state index in [1.54, 1.807) is 9.25 Å². The normalized spacial score (nSPS) is 17.5. The van der Waals surface area contributed by atoms with E-state index in [1.165, 1.54) is 5.56 Å². The zero-order valence-corrected chi connectivity index (χ0v) is 17.6. The number of amides is 2. The average Bonchev–Trinajstić information content (AvgIpc) is 3.09. The number of rotatable bonds is 7. The third-order valence-corrected chi connectivity index (χ3v) is 6.04. The van der Waals surface area contributed by atoms with Gasteiger partial charge in [-0.3, -0.25) is 9.47 Å². The van der Waals surface area contributed by atoms with E-state index < -0.39 is 0 Å². The Morgan fingerprint density at radius 1 is 1.10 bits per heavy atom. The SMILES string of the molecule is O=C(NCCCn1nc2n(c1=O)CCCC2)NC1CCN(Cc2ccccc2)CC1. The minimum atomic E-state index is -0.118. The summed E-state index contributed by atoms with van der Waals surface area (Å²) in [5, 5.41) is 10.4. The molecule has 0 bridgehead atoms. The van der Waals surface area contributed by atoms with Crippen LogP contribution >= 0.6 is 0 Å². The highest BCUT2D eigenvalue weighted by molar-refractivity contribution is 5.74. The van der Waals surface area contributed by atoms with Crippen molar-refractivity contribution in [2.45, 2.75) is 64.2 Å². The summed E-state index contributed by atoms with van der Waals surface area (Å²) in [5.41, 5.74) is 1.32. The summed E-state index contributed by atoms with van der Waals surface area (Å²) in [5.74, 6) is 0.899. The Bertz CT molecular complexity index is 883. The van der Waals surface area contributed by atoms with Crippen LogP contribution in [0.4, 0.5) is 4.79 Å². The first-order chi connectivity index (χ1) is 14.7. The summed E-state index contributed by atoms with van der Waals surface area (Å²) in [4.78, 5) is 26.9. The van der Waals surface area contributed by atoms with E-state index >= 15 is 0 Å². The molecule has 1 saturated heterocycles.